The van der Waals surface area contributed by atoms with E-state index in [9.17, 15) is 13.2 Å². The number of hydrogen-bond donors (Lipinski definition) is 0. The summed E-state index contributed by atoms with van der Waals surface area (Å²) in [6.07, 6.45) is 1.36. The van der Waals surface area contributed by atoms with Crippen LogP contribution in [0.3, 0.4) is 0 Å². The quantitative estimate of drug-likeness (QED) is 0.396. The summed E-state index contributed by atoms with van der Waals surface area (Å²) in [4.78, 5) is 15.5. The van der Waals surface area contributed by atoms with Crippen molar-refractivity contribution < 1.29 is 22.7 Å². The topological polar surface area (TPSA) is 72.9 Å². The van der Waals surface area contributed by atoms with Crippen molar-refractivity contribution in [1.82, 2.24) is 0 Å². The van der Waals surface area contributed by atoms with E-state index in [2.05, 4.69) is 18.7 Å². The number of rotatable bonds is 7. The normalized spacial score (nSPS) is 17.9. The number of nitrogens with zero attached hydrogens (tertiary/aromatic N) is 1. The number of fused-ring (bicyclic) bond motifs is 6. The Morgan fingerprint density at radius 1 is 0.857 bits per heavy atom. The summed E-state index contributed by atoms with van der Waals surface area (Å²) in [5.74, 6) is 0.698. The fourth-order valence-corrected chi connectivity index (χ4v) is 6.55. The third kappa shape index (κ3) is 3.60. The van der Waals surface area contributed by atoms with Gasteiger partial charge in [0.1, 0.15) is 11.5 Å². The Morgan fingerprint density at radius 2 is 1.63 bits per heavy atom. The molecule has 0 N–H and O–H groups in total. The largest absolute Gasteiger partial charge is 0.456 e. The highest BCUT2D eigenvalue weighted by Gasteiger charge is 2.53. The molecule has 1 unspecified atom stereocenters. The number of carbonyl (C=O) groups excluding carboxylic acids is 1. The minimum Gasteiger partial charge on any atom is -0.456 e. The van der Waals surface area contributed by atoms with Gasteiger partial charge in [0.15, 0.2) is 15.4 Å². The molecule has 35 heavy (non-hydrogen) atoms. The zero-order chi connectivity index (χ0) is 24.8. The van der Waals surface area contributed by atoms with Gasteiger partial charge < -0.3 is 14.4 Å². The van der Waals surface area contributed by atoms with Crippen molar-refractivity contribution in [3.05, 3.63) is 82.9 Å². The van der Waals surface area contributed by atoms with E-state index in [1.807, 2.05) is 37.3 Å². The molecular weight excluding hydrogens is 462 g/mol. The van der Waals surface area contributed by atoms with Gasteiger partial charge in [-0.15, -0.1) is 0 Å². The Morgan fingerprint density at radius 3 is 2.37 bits per heavy atom. The standard InChI is InChI=1S/C28H29NO5S/c1-4-7-16-35(31,32)20-13-15-25-24(18-20)28(22-11-9-8-10-21(22)27(30)34-28)23-14-12-19(17-26(23)33-25)29(5-2)6-3/h8-15,17-18H,4-7,16H2,1-3H3. The zero-order valence-electron chi connectivity index (χ0n) is 20.2. The van der Waals surface area contributed by atoms with Gasteiger partial charge in [0.05, 0.1) is 16.2 Å². The Balaban J connectivity index is 1.76. The first-order valence-corrected chi connectivity index (χ1v) is 13.8. The number of anilines is 1. The van der Waals surface area contributed by atoms with Crippen LogP contribution in [-0.2, 0) is 20.2 Å². The number of hydrogen-bond acceptors (Lipinski definition) is 6. The maximum absolute atomic E-state index is 13.1. The molecule has 1 atom stereocenters. The Bertz CT molecular complexity index is 1410. The Kier molecular flexibility index (Phi) is 5.83. The molecule has 6 nitrogen and oxygen atoms in total. The predicted octanol–water partition coefficient (Wildman–Crippen LogP) is 5.67. The highest BCUT2D eigenvalue weighted by atomic mass is 32.2. The van der Waals surface area contributed by atoms with Gasteiger partial charge in [0.2, 0.25) is 0 Å². The molecule has 0 aliphatic carbocycles. The minimum atomic E-state index is -3.50. The van der Waals surface area contributed by atoms with E-state index in [0.29, 0.717) is 40.2 Å². The van der Waals surface area contributed by atoms with E-state index in [1.165, 1.54) is 0 Å². The molecule has 0 radical (unpaired) electrons. The van der Waals surface area contributed by atoms with Crippen LogP contribution in [0.4, 0.5) is 5.69 Å². The molecule has 0 aromatic heterocycles. The minimum absolute atomic E-state index is 0.0658. The van der Waals surface area contributed by atoms with Crippen molar-refractivity contribution in [3.63, 3.8) is 0 Å². The summed E-state index contributed by atoms with van der Waals surface area (Å²) in [6.45, 7) is 7.83. The summed E-state index contributed by atoms with van der Waals surface area (Å²) in [7, 11) is -3.50. The maximum Gasteiger partial charge on any atom is 0.340 e. The molecule has 7 heteroatoms. The van der Waals surface area contributed by atoms with Crippen LogP contribution < -0.4 is 9.64 Å². The van der Waals surface area contributed by atoms with Gasteiger partial charge in [-0.2, -0.15) is 0 Å². The Labute approximate surface area is 206 Å². The lowest BCUT2D eigenvalue weighted by atomic mass is 9.77. The number of carbonyl (C=O) groups is 1. The van der Waals surface area contributed by atoms with Crippen LogP contribution in [0.1, 0.15) is 60.7 Å². The van der Waals surface area contributed by atoms with Crippen LogP contribution >= 0.6 is 0 Å². The molecule has 0 amide bonds. The molecule has 2 aliphatic rings. The SMILES string of the molecule is CCCCS(=O)(=O)c1ccc2c(c1)C1(OC(=O)c3ccccc31)c1ccc(N(CC)CC)cc1O2. The van der Waals surface area contributed by atoms with E-state index in [1.54, 1.807) is 30.3 Å². The number of sulfone groups is 1. The lowest BCUT2D eigenvalue weighted by Crippen LogP contribution is -2.33. The van der Waals surface area contributed by atoms with E-state index < -0.39 is 21.4 Å². The molecule has 2 heterocycles. The smallest absolute Gasteiger partial charge is 0.340 e. The number of ether oxygens (including phenoxy) is 2. The molecule has 3 aromatic rings. The molecule has 0 bridgehead atoms. The third-order valence-corrected chi connectivity index (χ3v) is 8.72. The first-order chi connectivity index (χ1) is 16.9. The second-order valence-electron chi connectivity index (χ2n) is 8.90. The van der Waals surface area contributed by atoms with Crippen molar-refractivity contribution in [1.29, 1.82) is 0 Å². The van der Waals surface area contributed by atoms with Crippen molar-refractivity contribution in [3.8, 4) is 11.5 Å². The molecule has 0 saturated carbocycles. The predicted molar refractivity (Wildman–Crippen MR) is 135 cm³/mol. The highest BCUT2D eigenvalue weighted by molar-refractivity contribution is 7.91. The van der Waals surface area contributed by atoms with Gasteiger partial charge in [-0.3, -0.25) is 0 Å². The first kappa shape index (κ1) is 23.4. The third-order valence-electron chi connectivity index (χ3n) is 6.92. The first-order valence-electron chi connectivity index (χ1n) is 12.1. The fourth-order valence-electron chi connectivity index (χ4n) is 5.07. The van der Waals surface area contributed by atoms with Crippen LogP contribution in [0.2, 0.25) is 0 Å². The van der Waals surface area contributed by atoms with Crippen LogP contribution in [0.25, 0.3) is 0 Å². The summed E-state index contributed by atoms with van der Waals surface area (Å²) >= 11 is 0. The van der Waals surface area contributed by atoms with Gasteiger partial charge >= 0.3 is 5.97 Å². The second kappa shape index (κ2) is 8.72. The average molecular weight is 492 g/mol. The maximum atomic E-state index is 13.1. The molecule has 2 aliphatic heterocycles. The molecule has 182 valence electrons. The van der Waals surface area contributed by atoms with E-state index in [4.69, 9.17) is 9.47 Å². The summed E-state index contributed by atoms with van der Waals surface area (Å²) in [5, 5.41) is 0. The van der Waals surface area contributed by atoms with Gasteiger partial charge in [0, 0.05) is 41.5 Å². The van der Waals surface area contributed by atoms with Gasteiger partial charge in [-0.05, 0) is 56.7 Å². The van der Waals surface area contributed by atoms with Crippen LogP contribution in [0.5, 0.6) is 11.5 Å². The van der Waals surface area contributed by atoms with Gasteiger partial charge in [-0.1, -0.05) is 31.5 Å². The highest BCUT2D eigenvalue weighted by Crippen LogP contribution is 2.56. The van der Waals surface area contributed by atoms with Gasteiger partial charge in [-0.25, -0.2) is 13.2 Å². The van der Waals surface area contributed by atoms with Crippen molar-refractivity contribution in [2.45, 2.75) is 44.1 Å². The molecule has 3 aromatic carbocycles. The summed E-state index contributed by atoms with van der Waals surface area (Å²) < 4.78 is 38.7. The summed E-state index contributed by atoms with van der Waals surface area (Å²) in [5.41, 5.74) is 2.09. The lowest BCUT2D eigenvalue weighted by molar-refractivity contribution is 0.0224. The van der Waals surface area contributed by atoms with Crippen molar-refractivity contribution >= 4 is 21.5 Å². The van der Waals surface area contributed by atoms with Crippen molar-refractivity contribution in [2.24, 2.45) is 0 Å². The molecule has 0 saturated heterocycles. The fraction of sp³-hybridized carbons (Fsp3) is 0.321. The molecule has 5 rings (SSSR count). The summed E-state index contributed by atoms with van der Waals surface area (Å²) in [6, 6.07) is 18.1. The number of esters is 1. The Hall–Kier alpha value is -3.32. The van der Waals surface area contributed by atoms with Crippen LogP contribution in [0.15, 0.2) is 65.6 Å². The lowest BCUT2D eigenvalue weighted by Gasteiger charge is -2.37. The molecule has 0 fully saturated rings. The number of benzene rings is 3. The van der Waals surface area contributed by atoms with Gasteiger partial charge in [0.25, 0.3) is 0 Å². The molecular formula is C28H29NO5S. The van der Waals surface area contributed by atoms with Crippen LogP contribution in [0, 0.1) is 0 Å². The molecule has 1 spiro atoms. The van der Waals surface area contributed by atoms with E-state index in [-0.39, 0.29) is 10.6 Å². The van der Waals surface area contributed by atoms with Crippen LogP contribution in [-0.4, -0.2) is 33.2 Å². The number of unbranched alkanes of at least 4 members (excludes halogenated alkanes) is 1. The average Bonchev–Trinajstić information content (AvgIpc) is 3.16. The van der Waals surface area contributed by atoms with Crippen molar-refractivity contribution in [2.75, 3.05) is 23.7 Å². The second-order valence-corrected chi connectivity index (χ2v) is 11.0. The zero-order valence-corrected chi connectivity index (χ0v) is 21.0. The van der Waals surface area contributed by atoms with E-state index in [0.717, 1.165) is 25.2 Å². The van der Waals surface area contributed by atoms with E-state index >= 15 is 0 Å². The monoisotopic (exact) mass is 491 g/mol.